The van der Waals surface area contributed by atoms with Crippen LogP contribution < -0.4 is 21.3 Å². The van der Waals surface area contributed by atoms with Crippen molar-refractivity contribution in [3.63, 3.8) is 0 Å². The molecule has 0 aromatic rings. The molecule has 0 radical (unpaired) electrons. The Balaban J connectivity index is 0.876. The molecule has 4 atom stereocenters. The molecule has 3 aliphatic heterocycles. The van der Waals surface area contributed by atoms with E-state index in [4.69, 9.17) is 52.1 Å². The van der Waals surface area contributed by atoms with Crippen LogP contribution in [0.15, 0.2) is 0 Å². The molecule has 0 bridgehead atoms. The van der Waals surface area contributed by atoms with E-state index in [2.05, 4.69) is 21.3 Å². The minimum absolute atomic E-state index is 0.0415. The van der Waals surface area contributed by atoms with Gasteiger partial charge < -0.3 is 73.4 Å². The van der Waals surface area contributed by atoms with E-state index in [1.807, 2.05) is 33.3 Å². The molecule has 0 aromatic heterocycles. The molecule has 0 saturated carbocycles. The lowest BCUT2D eigenvalue weighted by molar-refractivity contribution is -0.122. The number of amides is 4. The maximum absolute atomic E-state index is 12.1. The fraction of sp³-hybridized carbons (Fsp3) is 0.929. The van der Waals surface area contributed by atoms with Crippen LogP contribution in [-0.2, 0) is 61.7 Å². The summed E-state index contributed by atoms with van der Waals surface area (Å²) in [4.78, 5) is 35.5. The SMILES string of the molecule is O=C(CCCC[C@@H]1CCSS1)NCCOCCOCCOCCOCCOCCOCCOCCOCCOCCOCCOCCNC(=O)CCCC[C@@H]1SC[C@@H]2NC(=O)N[C@@H]21. The van der Waals surface area contributed by atoms with Crippen LogP contribution in [0, 0.1) is 0 Å². The first-order chi connectivity index (χ1) is 31.1. The largest absolute Gasteiger partial charge is 0.377 e. The van der Waals surface area contributed by atoms with Gasteiger partial charge in [0.15, 0.2) is 0 Å². The average Bonchev–Trinajstić information content (AvgIpc) is 4.04. The Morgan fingerprint density at radius 3 is 1.27 bits per heavy atom. The Kier molecular flexibility index (Phi) is 36.6. The smallest absolute Gasteiger partial charge is 0.315 e. The van der Waals surface area contributed by atoms with Crippen molar-refractivity contribution in [2.24, 2.45) is 0 Å². The van der Waals surface area contributed by atoms with Crippen molar-refractivity contribution in [3.8, 4) is 0 Å². The second kappa shape index (κ2) is 41.0. The van der Waals surface area contributed by atoms with Crippen molar-refractivity contribution in [1.29, 1.82) is 0 Å². The molecule has 21 heteroatoms. The summed E-state index contributed by atoms with van der Waals surface area (Å²) in [5.74, 6) is 2.37. The zero-order chi connectivity index (χ0) is 44.5. The Bertz CT molecular complexity index is 1120. The van der Waals surface area contributed by atoms with Crippen LogP contribution in [0.5, 0.6) is 0 Å². The maximum atomic E-state index is 12.1. The van der Waals surface area contributed by atoms with Gasteiger partial charge in [0.1, 0.15) is 0 Å². The number of urea groups is 1. The molecule has 3 rings (SSSR count). The summed E-state index contributed by atoms with van der Waals surface area (Å²) in [5.41, 5.74) is 0. The first kappa shape index (κ1) is 56.1. The highest BCUT2D eigenvalue weighted by Gasteiger charge is 2.42. The maximum Gasteiger partial charge on any atom is 0.315 e. The Morgan fingerprint density at radius 2 is 0.889 bits per heavy atom. The second-order valence-electron chi connectivity index (χ2n) is 14.9. The monoisotopic (exact) mass is 958 g/mol. The number of ether oxygens (including phenoxy) is 11. The number of carbonyl (C=O) groups is 3. The van der Waals surface area contributed by atoms with Gasteiger partial charge in [-0.3, -0.25) is 9.59 Å². The number of nitrogens with one attached hydrogen (secondary N) is 4. The van der Waals surface area contributed by atoms with Gasteiger partial charge in [0.25, 0.3) is 0 Å². The lowest BCUT2D eigenvalue weighted by Crippen LogP contribution is -2.36. The van der Waals surface area contributed by atoms with Crippen molar-refractivity contribution in [3.05, 3.63) is 0 Å². The van der Waals surface area contributed by atoms with E-state index in [-0.39, 0.29) is 29.9 Å². The minimum Gasteiger partial charge on any atom is -0.377 e. The molecule has 4 N–H and O–H groups in total. The molecular formula is C42H78N4O14S3. The molecular weight excluding hydrogens is 881 g/mol. The van der Waals surface area contributed by atoms with Gasteiger partial charge in [-0.15, -0.1) is 0 Å². The molecule has 3 aliphatic rings. The summed E-state index contributed by atoms with van der Waals surface area (Å²) in [6.45, 7) is 11.6. The number of thioether (sulfide) groups is 1. The van der Waals surface area contributed by atoms with E-state index in [0.29, 0.717) is 177 Å². The van der Waals surface area contributed by atoms with Crippen molar-refractivity contribution in [2.75, 3.05) is 170 Å². The second-order valence-corrected chi connectivity index (χ2v) is 18.9. The first-order valence-corrected chi connectivity index (χ1v) is 26.4. The fourth-order valence-corrected chi connectivity index (χ4v) is 11.1. The highest BCUT2D eigenvalue weighted by molar-refractivity contribution is 8.77. The van der Waals surface area contributed by atoms with Crippen molar-refractivity contribution >= 4 is 51.2 Å². The molecule has 0 unspecified atom stereocenters. The number of fused-ring (bicyclic) bond motifs is 1. The van der Waals surface area contributed by atoms with E-state index < -0.39 is 0 Å². The molecule has 3 fully saturated rings. The summed E-state index contributed by atoms with van der Waals surface area (Å²) < 4.78 is 60.6. The molecule has 0 aliphatic carbocycles. The number of rotatable bonds is 46. The molecule has 3 saturated heterocycles. The summed E-state index contributed by atoms with van der Waals surface area (Å²) in [7, 11) is 3.97. The van der Waals surface area contributed by atoms with Gasteiger partial charge >= 0.3 is 6.03 Å². The predicted molar refractivity (Wildman–Crippen MR) is 246 cm³/mol. The number of carbonyl (C=O) groups excluding carboxylic acids is 3. The van der Waals surface area contributed by atoms with E-state index >= 15 is 0 Å². The molecule has 4 amide bonds. The van der Waals surface area contributed by atoms with Gasteiger partial charge in [-0.25, -0.2) is 4.79 Å². The summed E-state index contributed by atoms with van der Waals surface area (Å²) in [5, 5.41) is 13.0. The van der Waals surface area contributed by atoms with Crippen LogP contribution in [-0.4, -0.2) is 210 Å². The van der Waals surface area contributed by atoms with E-state index in [9.17, 15) is 14.4 Å². The fourth-order valence-electron chi connectivity index (χ4n) is 6.50. The zero-order valence-electron chi connectivity index (χ0n) is 37.5. The van der Waals surface area contributed by atoms with Crippen LogP contribution in [0.3, 0.4) is 0 Å². The minimum atomic E-state index is -0.0618. The summed E-state index contributed by atoms with van der Waals surface area (Å²) >= 11 is 1.90. The van der Waals surface area contributed by atoms with E-state index in [1.54, 1.807) is 0 Å². The number of unbranched alkanes of at least 4 members (excludes halogenated alkanes) is 2. The predicted octanol–water partition coefficient (Wildman–Crippen LogP) is 2.84. The van der Waals surface area contributed by atoms with Gasteiger partial charge in [0.05, 0.1) is 157 Å². The van der Waals surface area contributed by atoms with E-state index in [1.165, 1.54) is 18.6 Å². The zero-order valence-corrected chi connectivity index (χ0v) is 39.9. The number of hydrogen-bond donors (Lipinski definition) is 4. The molecule has 0 aromatic carbocycles. The van der Waals surface area contributed by atoms with Crippen LogP contribution in [0.25, 0.3) is 0 Å². The van der Waals surface area contributed by atoms with Gasteiger partial charge in [-0.2, -0.15) is 11.8 Å². The third-order valence-corrected chi connectivity index (χ3v) is 14.4. The van der Waals surface area contributed by atoms with Crippen molar-refractivity contribution in [1.82, 2.24) is 21.3 Å². The summed E-state index contributed by atoms with van der Waals surface area (Å²) in [6.07, 6.45) is 8.52. The standard InChI is InChI=1S/C42H78N4O14S3/c47-39(7-3-1-5-36-9-34-62-63-36)43-10-12-50-14-16-52-18-20-54-22-24-56-26-28-58-30-32-60-33-31-59-29-27-57-25-23-55-21-19-53-17-15-51-13-11-44-40(48)8-4-2-6-38-41-37(35-61-38)45-42(49)46-41/h36-38,41H,1-35H2,(H,43,47)(H,44,48)(H2,45,46,49)/t36-,37+,38+,41+/m1/s1. The van der Waals surface area contributed by atoms with Crippen LogP contribution in [0.2, 0.25) is 0 Å². The van der Waals surface area contributed by atoms with Gasteiger partial charge in [-0.05, 0) is 32.1 Å². The molecule has 63 heavy (non-hydrogen) atoms. The molecule has 3 heterocycles. The highest BCUT2D eigenvalue weighted by atomic mass is 33.1. The summed E-state index contributed by atoms with van der Waals surface area (Å²) in [6, 6.07) is 0.401. The lowest BCUT2D eigenvalue weighted by atomic mass is 10.0. The lowest BCUT2D eigenvalue weighted by Gasteiger charge is -2.16. The normalized spacial score (nSPS) is 19.3. The first-order valence-electron chi connectivity index (χ1n) is 23.0. The number of hydrogen-bond acceptors (Lipinski definition) is 17. The Hall–Kier alpha value is -1.18. The molecule has 18 nitrogen and oxygen atoms in total. The average molecular weight is 959 g/mol. The van der Waals surface area contributed by atoms with Gasteiger partial charge in [0, 0.05) is 47.9 Å². The third kappa shape index (κ3) is 32.2. The van der Waals surface area contributed by atoms with Crippen LogP contribution in [0.1, 0.15) is 57.8 Å². The highest BCUT2D eigenvalue weighted by Crippen LogP contribution is 2.40. The Labute approximate surface area is 387 Å². The Morgan fingerprint density at radius 1 is 0.508 bits per heavy atom. The van der Waals surface area contributed by atoms with Gasteiger partial charge in [-0.1, -0.05) is 34.4 Å². The van der Waals surface area contributed by atoms with Crippen LogP contribution in [0.4, 0.5) is 4.79 Å². The van der Waals surface area contributed by atoms with Crippen molar-refractivity contribution in [2.45, 2.75) is 80.4 Å². The molecule has 0 spiro atoms. The topological polar surface area (TPSA) is 201 Å². The third-order valence-electron chi connectivity index (χ3n) is 9.85. The van der Waals surface area contributed by atoms with Crippen molar-refractivity contribution < 1.29 is 66.5 Å². The quantitative estimate of drug-likeness (QED) is 0.0394. The van der Waals surface area contributed by atoms with Crippen LogP contribution >= 0.6 is 33.3 Å². The molecule has 368 valence electrons. The van der Waals surface area contributed by atoms with Gasteiger partial charge in [0.2, 0.25) is 11.8 Å². The van der Waals surface area contributed by atoms with E-state index in [0.717, 1.165) is 43.1 Å².